The molecule has 2 N–H and O–H groups in total. The summed E-state index contributed by atoms with van der Waals surface area (Å²) in [6.07, 6.45) is 0. The molecule has 3 heterocycles. The Morgan fingerprint density at radius 3 is 2.87 bits per heavy atom. The number of hydrogen-bond acceptors (Lipinski definition) is 4. The van der Waals surface area contributed by atoms with Crippen LogP contribution in [0.15, 0.2) is 47.5 Å². The number of carbonyl (C=O) groups excluding carboxylic acids is 1. The number of methoxy groups -OCH3 is 1. The van der Waals surface area contributed by atoms with E-state index in [1.54, 1.807) is 13.2 Å². The van der Waals surface area contributed by atoms with Gasteiger partial charge in [-0.2, -0.15) is 0 Å². The van der Waals surface area contributed by atoms with Crippen LogP contribution in [0.1, 0.15) is 11.4 Å². The van der Waals surface area contributed by atoms with Gasteiger partial charge in [-0.25, -0.2) is 4.98 Å². The second-order valence-electron chi connectivity index (χ2n) is 5.20. The first-order valence-electron chi connectivity index (χ1n) is 7.23. The van der Waals surface area contributed by atoms with Gasteiger partial charge in [-0.1, -0.05) is 24.3 Å². The fourth-order valence-corrected chi connectivity index (χ4v) is 2.73. The normalized spacial score (nSPS) is 14.0. The van der Waals surface area contributed by atoms with Crippen LogP contribution in [0.5, 0.6) is 5.88 Å². The second-order valence-corrected chi connectivity index (χ2v) is 5.20. The number of carbonyl (C=O) groups is 1. The van der Waals surface area contributed by atoms with Crippen LogP contribution < -0.4 is 10.1 Å². The number of nitrogens with one attached hydrogen (secondary N) is 2. The van der Waals surface area contributed by atoms with Gasteiger partial charge in [-0.05, 0) is 12.1 Å². The molecule has 6 nitrogen and oxygen atoms in total. The van der Waals surface area contributed by atoms with Gasteiger partial charge in [-0.15, -0.1) is 0 Å². The lowest BCUT2D eigenvalue weighted by molar-refractivity contribution is -0.114. The molecule has 3 aromatic rings. The van der Waals surface area contributed by atoms with Crippen LogP contribution in [0.3, 0.4) is 0 Å². The number of aromatic amines is 1. The fourth-order valence-electron chi connectivity index (χ4n) is 2.73. The van der Waals surface area contributed by atoms with Gasteiger partial charge >= 0.3 is 0 Å². The van der Waals surface area contributed by atoms with E-state index in [1.165, 1.54) is 0 Å². The number of benzene rings is 1. The summed E-state index contributed by atoms with van der Waals surface area (Å²) in [5, 5.41) is 3.88. The molecule has 0 bridgehead atoms. The number of rotatable bonds is 2. The molecule has 23 heavy (non-hydrogen) atoms. The topological polar surface area (TPSA) is 79.4 Å². The Morgan fingerprint density at radius 1 is 1.13 bits per heavy atom. The van der Waals surface area contributed by atoms with E-state index in [2.05, 4.69) is 20.3 Å². The summed E-state index contributed by atoms with van der Waals surface area (Å²) >= 11 is 0. The molecule has 1 aromatic carbocycles. The van der Waals surface area contributed by atoms with E-state index in [-0.39, 0.29) is 12.5 Å². The maximum atomic E-state index is 12.0. The highest BCUT2D eigenvalue weighted by atomic mass is 16.5. The predicted octanol–water partition coefficient (Wildman–Crippen LogP) is 2.36. The van der Waals surface area contributed by atoms with Crippen molar-refractivity contribution in [3.05, 3.63) is 53.9 Å². The summed E-state index contributed by atoms with van der Waals surface area (Å²) in [5.41, 5.74) is 3.75. The Balaban J connectivity index is 1.95. The Morgan fingerprint density at radius 2 is 2.00 bits per heavy atom. The molecule has 0 saturated heterocycles. The van der Waals surface area contributed by atoms with Crippen molar-refractivity contribution in [3.63, 3.8) is 0 Å². The molecule has 0 atom stereocenters. The van der Waals surface area contributed by atoms with E-state index in [0.717, 1.165) is 22.3 Å². The number of amides is 1. The Bertz CT molecular complexity index is 943. The van der Waals surface area contributed by atoms with Crippen molar-refractivity contribution in [2.75, 3.05) is 19.0 Å². The fraction of sp³-hybridized carbons (Fsp3) is 0.118. The van der Waals surface area contributed by atoms with E-state index < -0.39 is 0 Å². The van der Waals surface area contributed by atoms with E-state index in [9.17, 15) is 4.79 Å². The first kappa shape index (κ1) is 13.5. The van der Waals surface area contributed by atoms with Gasteiger partial charge in [0.25, 0.3) is 0 Å². The van der Waals surface area contributed by atoms with Crippen molar-refractivity contribution in [2.45, 2.75) is 0 Å². The highest BCUT2D eigenvalue weighted by Crippen LogP contribution is 2.30. The van der Waals surface area contributed by atoms with Gasteiger partial charge in [0.2, 0.25) is 11.8 Å². The average Bonchev–Trinajstić information content (AvgIpc) is 2.85. The van der Waals surface area contributed by atoms with E-state index in [0.29, 0.717) is 17.3 Å². The number of para-hydroxylation sites is 1. The zero-order valence-electron chi connectivity index (χ0n) is 12.5. The summed E-state index contributed by atoms with van der Waals surface area (Å²) < 4.78 is 5.19. The van der Waals surface area contributed by atoms with E-state index >= 15 is 0 Å². The van der Waals surface area contributed by atoms with Gasteiger partial charge in [0, 0.05) is 17.0 Å². The number of ether oxygens (including phenoxy) is 1. The van der Waals surface area contributed by atoms with Crippen LogP contribution >= 0.6 is 0 Å². The molecule has 1 amide bonds. The lowest BCUT2D eigenvalue weighted by atomic mass is 10.1. The zero-order chi connectivity index (χ0) is 15.8. The number of H-pyrrole nitrogens is 1. The van der Waals surface area contributed by atoms with Crippen molar-refractivity contribution in [1.82, 2.24) is 9.97 Å². The van der Waals surface area contributed by atoms with Crippen molar-refractivity contribution in [2.24, 2.45) is 4.99 Å². The van der Waals surface area contributed by atoms with E-state index in [4.69, 9.17) is 4.74 Å². The lowest BCUT2D eigenvalue weighted by Crippen LogP contribution is -2.13. The number of hydrogen-bond donors (Lipinski definition) is 2. The molecular formula is C17H14N4O2. The minimum Gasteiger partial charge on any atom is -0.481 e. The predicted molar refractivity (Wildman–Crippen MR) is 88.2 cm³/mol. The minimum absolute atomic E-state index is 0.0606. The summed E-state index contributed by atoms with van der Waals surface area (Å²) in [7, 11) is 1.57. The van der Waals surface area contributed by atoms with Gasteiger partial charge in [0.05, 0.1) is 24.2 Å². The molecule has 0 fully saturated rings. The molecule has 0 aliphatic carbocycles. The van der Waals surface area contributed by atoms with Crippen LogP contribution in [0, 0.1) is 0 Å². The molecule has 114 valence electrons. The number of aromatic nitrogens is 2. The summed E-state index contributed by atoms with van der Waals surface area (Å²) in [6, 6.07) is 13.3. The number of anilines is 1. The van der Waals surface area contributed by atoms with Gasteiger partial charge in [0.15, 0.2) is 0 Å². The number of pyridine rings is 1. The molecule has 1 aliphatic rings. The molecule has 0 saturated carbocycles. The SMILES string of the molecule is COc1cccc(C2=NCC(=O)Nc3c2[nH]c2ccccc32)n1. The standard InChI is InChI=1S/C17H14N4O2/c1-23-14-8-4-7-12(19-14)16-17-15(21-13(22)9-18-16)10-5-2-3-6-11(10)20-17/h2-8,20H,9H2,1H3,(H,21,22). The maximum absolute atomic E-state index is 12.0. The minimum atomic E-state index is -0.145. The van der Waals surface area contributed by atoms with Crippen molar-refractivity contribution in [3.8, 4) is 5.88 Å². The lowest BCUT2D eigenvalue weighted by Gasteiger charge is -2.06. The second kappa shape index (κ2) is 5.24. The molecule has 1 aliphatic heterocycles. The molecule has 0 unspecified atom stereocenters. The molecule has 2 aromatic heterocycles. The van der Waals surface area contributed by atoms with Crippen LogP contribution in [0.4, 0.5) is 5.69 Å². The van der Waals surface area contributed by atoms with E-state index in [1.807, 2.05) is 36.4 Å². The summed E-state index contributed by atoms with van der Waals surface area (Å²) in [6.45, 7) is 0.0606. The van der Waals surface area contributed by atoms with Crippen LogP contribution in [-0.2, 0) is 4.79 Å². The van der Waals surface area contributed by atoms with Crippen molar-refractivity contribution < 1.29 is 9.53 Å². The van der Waals surface area contributed by atoms with Crippen LogP contribution in [0.25, 0.3) is 10.9 Å². The Kier molecular flexibility index (Phi) is 3.08. The molecule has 0 radical (unpaired) electrons. The number of aliphatic imine (C=N–C) groups is 1. The Hall–Kier alpha value is -3.15. The summed E-state index contributed by atoms with van der Waals surface area (Å²) in [5.74, 6) is 0.361. The number of fused-ring (bicyclic) bond motifs is 3. The molecular weight excluding hydrogens is 292 g/mol. The molecule has 4 rings (SSSR count). The van der Waals surface area contributed by atoms with Crippen LogP contribution in [-0.4, -0.2) is 35.2 Å². The third-order valence-corrected chi connectivity index (χ3v) is 3.76. The van der Waals surface area contributed by atoms with Crippen molar-refractivity contribution >= 4 is 28.2 Å². The zero-order valence-corrected chi connectivity index (χ0v) is 12.5. The smallest absolute Gasteiger partial charge is 0.246 e. The first-order chi connectivity index (χ1) is 11.3. The highest BCUT2D eigenvalue weighted by molar-refractivity contribution is 6.22. The maximum Gasteiger partial charge on any atom is 0.246 e. The van der Waals surface area contributed by atoms with Crippen molar-refractivity contribution in [1.29, 1.82) is 0 Å². The van der Waals surface area contributed by atoms with Gasteiger partial charge in [-0.3, -0.25) is 9.79 Å². The third-order valence-electron chi connectivity index (χ3n) is 3.76. The number of nitrogens with zero attached hydrogens (tertiary/aromatic N) is 2. The quantitative estimate of drug-likeness (QED) is 0.763. The largest absolute Gasteiger partial charge is 0.481 e. The van der Waals surface area contributed by atoms with Gasteiger partial charge in [0.1, 0.15) is 12.3 Å². The first-order valence-corrected chi connectivity index (χ1v) is 7.23. The summed E-state index contributed by atoms with van der Waals surface area (Å²) in [4.78, 5) is 24.2. The van der Waals surface area contributed by atoms with Crippen LogP contribution in [0.2, 0.25) is 0 Å². The van der Waals surface area contributed by atoms with Gasteiger partial charge < -0.3 is 15.0 Å². The highest BCUT2D eigenvalue weighted by Gasteiger charge is 2.23. The average molecular weight is 306 g/mol. The third kappa shape index (κ3) is 2.24. The Labute approximate surface area is 132 Å². The molecule has 6 heteroatoms. The monoisotopic (exact) mass is 306 g/mol. The molecule has 0 spiro atoms.